The Morgan fingerprint density at radius 2 is 1.41 bits per heavy atom. The molecule has 41 heavy (non-hydrogen) atoms. The average Bonchev–Trinajstić information content (AvgIpc) is 3.17. The second-order valence-electron chi connectivity index (χ2n) is 8.78. The minimum atomic E-state index is -4.54. The molecule has 4 aromatic carbocycles. The van der Waals surface area contributed by atoms with Gasteiger partial charge >= 0.3 is 6.18 Å². The molecule has 11 heteroatoms. The molecule has 2 N–H and O–H groups in total. The first kappa shape index (κ1) is 27.5. The molecule has 0 bridgehead atoms. The molecule has 7 nitrogen and oxygen atoms in total. The molecule has 0 atom stereocenters. The molecule has 0 unspecified atom stereocenters. The Hall–Kier alpha value is -5.09. The summed E-state index contributed by atoms with van der Waals surface area (Å²) >= 11 is 6.21. The third kappa shape index (κ3) is 6.07. The topological polar surface area (TPSA) is 87.7 Å². The lowest BCUT2D eigenvalue weighted by atomic mass is 10.1. The molecule has 3 amide bonds. The van der Waals surface area contributed by atoms with Crippen LogP contribution in [0.25, 0.3) is 0 Å². The number of rotatable bonds is 7. The SMILES string of the molecule is O=C(Nc1cccc(C(F)(F)F)c1)c1ccc(NC2=C(Cl)C(=O)N(c3ccc(Oc4ccccc4)cc3)C2=O)cc1. The van der Waals surface area contributed by atoms with Crippen molar-refractivity contribution >= 4 is 46.4 Å². The smallest absolute Gasteiger partial charge is 0.416 e. The van der Waals surface area contributed by atoms with Crippen LogP contribution in [0.15, 0.2) is 114 Å². The summed E-state index contributed by atoms with van der Waals surface area (Å²) in [5.74, 6) is -0.889. The quantitative estimate of drug-likeness (QED) is 0.227. The lowest BCUT2D eigenvalue weighted by Gasteiger charge is -2.16. The number of carbonyl (C=O) groups excluding carboxylic acids is 3. The number of para-hydroxylation sites is 1. The van der Waals surface area contributed by atoms with E-state index >= 15 is 0 Å². The molecule has 1 aliphatic rings. The van der Waals surface area contributed by atoms with Crippen LogP contribution in [0.1, 0.15) is 15.9 Å². The van der Waals surface area contributed by atoms with E-state index in [1.54, 1.807) is 36.4 Å². The third-order valence-electron chi connectivity index (χ3n) is 5.97. The number of alkyl halides is 3. The van der Waals surface area contributed by atoms with E-state index in [0.29, 0.717) is 17.2 Å². The van der Waals surface area contributed by atoms with Crippen LogP contribution in [-0.4, -0.2) is 17.7 Å². The lowest BCUT2D eigenvalue weighted by molar-refractivity contribution is -0.137. The Bertz CT molecular complexity index is 1660. The van der Waals surface area contributed by atoms with Gasteiger partial charge in [-0.1, -0.05) is 35.9 Å². The van der Waals surface area contributed by atoms with E-state index in [4.69, 9.17) is 16.3 Å². The summed E-state index contributed by atoms with van der Waals surface area (Å²) in [4.78, 5) is 39.4. The maximum Gasteiger partial charge on any atom is 0.416 e. The summed E-state index contributed by atoms with van der Waals surface area (Å²) in [6.07, 6.45) is -4.54. The zero-order chi connectivity index (χ0) is 29.1. The third-order valence-corrected chi connectivity index (χ3v) is 6.32. The molecule has 0 saturated heterocycles. The van der Waals surface area contributed by atoms with Crippen LogP contribution in [0.5, 0.6) is 11.5 Å². The molecule has 0 saturated carbocycles. The predicted octanol–water partition coefficient (Wildman–Crippen LogP) is 7.19. The van der Waals surface area contributed by atoms with Crippen LogP contribution in [0.3, 0.4) is 0 Å². The van der Waals surface area contributed by atoms with Gasteiger partial charge in [-0.3, -0.25) is 14.4 Å². The van der Waals surface area contributed by atoms with Gasteiger partial charge in [-0.05, 0) is 78.9 Å². The highest BCUT2D eigenvalue weighted by Crippen LogP contribution is 2.33. The Labute approximate surface area is 236 Å². The van der Waals surface area contributed by atoms with Crippen molar-refractivity contribution < 1.29 is 32.3 Å². The van der Waals surface area contributed by atoms with Crippen LogP contribution in [-0.2, 0) is 15.8 Å². The van der Waals surface area contributed by atoms with E-state index < -0.39 is 29.5 Å². The van der Waals surface area contributed by atoms with Crippen molar-refractivity contribution in [2.75, 3.05) is 15.5 Å². The zero-order valence-corrected chi connectivity index (χ0v) is 21.7. The summed E-state index contributed by atoms with van der Waals surface area (Å²) in [7, 11) is 0. The first-order valence-electron chi connectivity index (χ1n) is 12.1. The van der Waals surface area contributed by atoms with Gasteiger partial charge in [-0.2, -0.15) is 13.2 Å². The minimum Gasteiger partial charge on any atom is -0.457 e. The van der Waals surface area contributed by atoms with Crippen molar-refractivity contribution in [3.63, 3.8) is 0 Å². The van der Waals surface area contributed by atoms with Crippen molar-refractivity contribution in [1.82, 2.24) is 0 Å². The van der Waals surface area contributed by atoms with Gasteiger partial charge in [0, 0.05) is 16.9 Å². The van der Waals surface area contributed by atoms with Crippen LogP contribution in [0.2, 0.25) is 0 Å². The number of carbonyl (C=O) groups is 3. The molecular weight excluding hydrogens is 559 g/mol. The summed E-state index contributed by atoms with van der Waals surface area (Å²) < 4.78 is 44.6. The van der Waals surface area contributed by atoms with E-state index in [9.17, 15) is 27.6 Å². The second-order valence-corrected chi connectivity index (χ2v) is 9.16. The van der Waals surface area contributed by atoms with Gasteiger partial charge in [0.2, 0.25) is 0 Å². The second kappa shape index (κ2) is 11.2. The fourth-order valence-corrected chi connectivity index (χ4v) is 4.17. The van der Waals surface area contributed by atoms with Crippen molar-refractivity contribution in [1.29, 1.82) is 0 Å². The Balaban J connectivity index is 1.25. The molecule has 0 radical (unpaired) electrons. The number of anilines is 3. The molecule has 4 aromatic rings. The highest BCUT2D eigenvalue weighted by atomic mass is 35.5. The largest absolute Gasteiger partial charge is 0.457 e. The Morgan fingerprint density at radius 1 is 0.756 bits per heavy atom. The van der Waals surface area contributed by atoms with E-state index in [2.05, 4.69) is 10.6 Å². The highest BCUT2D eigenvalue weighted by Gasteiger charge is 2.39. The number of amides is 3. The van der Waals surface area contributed by atoms with Crippen LogP contribution >= 0.6 is 11.6 Å². The summed E-state index contributed by atoms with van der Waals surface area (Å²) in [6, 6.07) is 25.5. The summed E-state index contributed by atoms with van der Waals surface area (Å²) in [6.45, 7) is 0. The number of ether oxygens (including phenoxy) is 1. The monoisotopic (exact) mass is 577 g/mol. The molecule has 0 aromatic heterocycles. The molecule has 1 aliphatic heterocycles. The molecule has 0 aliphatic carbocycles. The van der Waals surface area contributed by atoms with Crippen LogP contribution in [0.4, 0.5) is 30.2 Å². The maximum atomic E-state index is 13.1. The van der Waals surface area contributed by atoms with Gasteiger partial charge in [0.05, 0.1) is 11.3 Å². The van der Waals surface area contributed by atoms with Crippen molar-refractivity contribution in [3.05, 3.63) is 125 Å². The Morgan fingerprint density at radius 3 is 2.07 bits per heavy atom. The first-order valence-corrected chi connectivity index (χ1v) is 12.5. The number of halogens is 4. The molecule has 206 valence electrons. The van der Waals surface area contributed by atoms with Crippen molar-refractivity contribution in [3.8, 4) is 11.5 Å². The average molecular weight is 578 g/mol. The van der Waals surface area contributed by atoms with E-state index in [1.165, 1.54) is 36.4 Å². The van der Waals surface area contributed by atoms with Gasteiger partial charge in [0.25, 0.3) is 17.7 Å². The number of benzene rings is 4. The van der Waals surface area contributed by atoms with Crippen LogP contribution < -0.4 is 20.3 Å². The van der Waals surface area contributed by atoms with Crippen LogP contribution in [0, 0.1) is 0 Å². The van der Waals surface area contributed by atoms with E-state index in [-0.39, 0.29) is 27.7 Å². The molecule has 1 heterocycles. The normalized spacial score (nSPS) is 13.4. The standard InChI is InChI=1S/C30H19ClF3N3O4/c31-25-26(29(40)37(28(25)39)22-13-15-24(16-14-22)41-23-7-2-1-3-8-23)35-20-11-9-18(10-12-20)27(38)36-21-6-4-5-19(17-21)30(32,33)34/h1-17,35H,(H,36,38). The molecule has 5 rings (SSSR count). The fourth-order valence-electron chi connectivity index (χ4n) is 3.96. The maximum absolute atomic E-state index is 13.1. The summed E-state index contributed by atoms with van der Waals surface area (Å²) in [5, 5.41) is 4.92. The van der Waals surface area contributed by atoms with E-state index in [0.717, 1.165) is 17.0 Å². The summed E-state index contributed by atoms with van der Waals surface area (Å²) in [5.41, 5.74) is -0.260. The van der Waals surface area contributed by atoms with Crippen molar-refractivity contribution in [2.45, 2.75) is 6.18 Å². The molecular formula is C30H19ClF3N3O4. The predicted molar refractivity (Wildman–Crippen MR) is 148 cm³/mol. The van der Waals surface area contributed by atoms with Gasteiger partial charge in [-0.15, -0.1) is 0 Å². The lowest BCUT2D eigenvalue weighted by Crippen LogP contribution is -2.32. The molecule has 0 spiro atoms. The zero-order valence-electron chi connectivity index (χ0n) is 20.9. The molecule has 0 fully saturated rings. The number of nitrogens with zero attached hydrogens (tertiary/aromatic N) is 1. The highest BCUT2D eigenvalue weighted by molar-refractivity contribution is 6.53. The number of hydrogen-bond donors (Lipinski definition) is 2. The van der Waals surface area contributed by atoms with Gasteiger partial charge in [0.1, 0.15) is 22.2 Å². The Kier molecular flexibility index (Phi) is 7.50. The van der Waals surface area contributed by atoms with Crippen molar-refractivity contribution in [2.24, 2.45) is 0 Å². The van der Waals surface area contributed by atoms with Gasteiger partial charge in [-0.25, -0.2) is 4.90 Å². The van der Waals surface area contributed by atoms with Gasteiger partial charge < -0.3 is 15.4 Å². The number of hydrogen-bond acceptors (Lipinski definition) is 5. The van der Waals surface area contributed by atoms with Gasteiger partial charge in [0.15, 0.2) is 0 Å². The number of nitrogens with one attached hydrogen (secondary N) is 2. The number of imide groups is 1. The first-order chi connectivity index (χ1) is 19.6. The fraction of sp³-hybridized carbons (Fsp3) is 0.0333. The van der Waals surface area contributed by atoms with E-state index in [1.807, 2.05) is 18.2 Å². The minimum absolute atomic E-state index is 0.0150.